The molecule has 0 atom stereocenters. The van der Waals surface area contributed by atoms with Crippen LogP contribution in [0.15, 0.2) is 12.7 Å². The summed E-state index contributed by atoms with van der Waals surface area (Å²) in [6.07, 6.45) is 5.83. The largest absolute Gasteiger partial charge is 0.325 e. The van der Waals surface area contributed by atoms with Crippen molar-refractivity contribution in [3.8, 4) is 0 Å². The first-order valence-corrected chi connectivity index (χ1v) is 13.7. The third-order valence-corrected chi connectivity index (χ3v) is 0.707. The molecule has 0 aliphatic heterocycles. The summed E-state index contributed by atoms with van der Waals surface area (Å²) < 4.78 is 0. The van der Waals surface area contributed by atoms with Gasteiger partial charge in [0.25, 0.3) is 0 Å². The highest BCUT2D eigenvalue weighted by Gasteiger charge is 1.93. The molecule has 0 unspecified atom stereocenters. The third kappa shape index (κ3) is 957. The van der Waals surface area contributed by atoms with E-state index < -0.39 is 20.2 Å². The Balaban J connectivity index is -0.0000000593. The van der Waals surface area contributed by atoms with E-state index in [0.717, 1.165) is 0 Å². The van der Waals surface area contributed by atoms with E-state index in [1.54, 1.807) is 6.08 Å². The SMILES string of the molecule is C=CC.CCCCC.OP(O)(O)=S.OP(O)(O)=S.OP(O)(O)=S. The average Bonchev–Trinajstić information content (AvgIpc) is 2.11. The molecule has 0 aromatic rings. The summed E-state index contributed by atoms with van der Waals surface area (Å²) in [5.41, 5.74) is 0. The molecule has 0 saturated heterocycles. The smallest absolute Gasteiger partial charge is 0.319 e. The Morgan fingerprint density at radius 2 is 0.783 bits per heavy atom. The van der Waals surface area contributed by atoms with E-state index >= 15 is 0 Å². The first-order chi connectivity index (χ1) is 9.83. The Labute approximate surface area is 152 Å². The van der Waals surface area contributed by atoms with Gasteiger partial charge in [0.05, 0.1) is 0 Å². The van der Waals surface area contributed by atoms with Crippen LogP contribution in [0.4, 0.5) is 0 Å². The van der Waals surface area contributed by atoms with Crippen LogP contribution in [0.25, 0.3) is 0 Å². The lowest BCUT2D eigenvalue weighted by Crippen LogP contribution is -1.65. The van der Waals surface area contributed by atoms with E-state index in [-0.39, 0.29) is 0 Å². The minimum Gasteiger partial charge on any atom is -0.325 e. The fourth-order valence-corrected chi connectivity index (χ4v) is 0.354. The maximum Gasteiger partial charge on any atom is 0.319 e. The minimum absolute atomic E-state index is 1.34. The molecule has 0 radical (unpaired) electrons. The van der Waals surface area contributed by atoms with Gasteiger partial charge in [0.15, 0.2) is 0 Å². The normalized spacial score (nSPS) is 10.1. The standard InChI is InChI=1S/C5H12.C3H6.3H3O3PS/c1-3-5-4-2;1-3-2;3*1-4(2,3)5/h3-5H2,1-2H3;3H,1H2,2H3;3*(H3,1,2,3,5). The van der Waals surface area contributed by atoms with Crippen LogP contribution in [0, 0.1) is 0 Å². The Bertz CT molecular complexity index is 302. The molecular formula is C8H27O9P3S3. The molecule has 0 aromatic heterocycles. The van der Waals surface area contributed by atoms with E-state index in [1.165, 1.54) is 19.3 Å². The minimum atomic E-state index is -3.81. The molecule has 0 saturated carbocycles. The molecule has 0 amide bonds. The number of rotatable bonds is 2. The Morgan fingerprint density at radius 3 is 0.783 bits per heavy atom. The molecule has 9 N–H and O–H groups in total. The molecule has 0 heterocycles. The molecule has 0 rings (SSSR count). The molecule has 23 heavy (non-hydrogen) atoms. The molecule has 0 spiro atoms. The quantitative estimate of drug-likeness (QED) is 0.212. The molecule has 9 nitrogen and oxygen atoms in total. The van der Waals surface area contributed by atoms with E-state index in [9.17, 15) is 0 Å². The zero-order chi connectivity index (χ0) is 20.3. The topological polar surface area (TPSA) is 182 Å². The van der Waals surface area contributed by atoms with E-state index in [1.807, 2.05) is 6.92 Å². The van der Waals surface area contributed by atoms with Gasteiger partial charge in [-0.3, -0.25) is 0 Å². The third-order valence-electron chi connectivity index (χ3n) is 0.707. The zero-order valence-corrected chi connectivity index (χ0v) is 18.1. The molecule has 15 heteroatoms. The Hall–Kier alpha value is 1.33. The lowest BCUT2D eigenvalue weighted by Gasteiger charge is -1.88. The van der Waals surface area contributed by atoms with Crippen molar-refractivity contribution in [1.29, 1.82) is 0 Å². The zero-order valence-electron chi connectivity index (χ0n) is 13.0. The van der Waals surface area contributed by atoms with Gasteiger partial charge in [0.2, 0.25) is 0 Å². The van der Waals surface area contributed by atoms with E-state index in [0.29, 0.717) is 0 Å². The van der Waals surface area contributed by atoms with Crippen molar-refractivity contribution in [3.63, 3.8) is 0 Å². The van der Waals surface area contributed by atoms with Gasteiger partial charge < -0.3 is 44.0 Å². The van der Waals surface area contributed by atoms with E-state index in [2.05, 4.69) is 55.8 Å². The molecule has 0 aromatic carbocycles. The van der Waals surface area contributed by atoms with Gasteiger partial charge >= 0.3 is 20.2 Å². The highest BCUT2D eigenvalue weighted by Crippen LogP contribution is 2.27. The van der Waals surface area contributed by atoms with Crippen LogP contribution in [-0.2, 0) is 35.4 Å². The van der Waals surface area contributed by atoms with Crippen LogP contribution < -0.4 is 0 Å². The maximum absolute atomic E-state index is 7.56. The molecule has 0 bridgehead atoms. The van der Waals surface area contributed by atoms with Crippen LogP contribution in [0.2, 0.25) is 0 Å². The van der Waals surface area contributed by atoms with Crippen molar-refractivity contribution < 1.29 is 44.0 Å². The number of unbranched alkanes of at least 4 members (excludes halogenated alkanes) is 2. The van der Waals surface area contributed by atoms with Gasteiger partial charge in [-0.2, -0.15) is 0 Å². The van der Waals surface area contributed by atoms with Crippen LogP contribution in [0.5, 0.6) is 0 Å². The van der Waals surface area contributed by atoms with Crippen molar-refractivity contribution in [2.75, 3.05) is 0 Å². The first-order valence-electron chi connectivity index (χ1n) is 5.75. The highest BCUT2D eigenvalue weighted by atomic mass is 32.5. The summed E-state index contributed by atoms with van der Waals surface area (Å²) in [4.78, 5) is 68.0. The van der Waals surface area contributed by atoms with Crippen molar-refractivity contribution in [2.24, 2.45) is 0 Å². The van der Waals surface area contributed by atoms with Gasteiger partial charge in [-0.25, -0.2) is 0 Å². The summed E-state index contributed by atoms with van der Waals surface area (Å²) in [6, 6.07) is 0. The summed E-state index contributed by atoms with van der Waals surface area (Å²) >= 11 is 10.8. The first kappa shape index (κ1) is 35.4. The summed E-state index contributed by atoms with van der Waals surface area (Å²) in [5.74, 6) is 0. The second kappa shape index (κ2) is 21.4. The van der Waals surface area contributed by atoms with Gasteiger partial charge in [0, 0.05) is 0 Å². The Kier molecular flexibility index (Phi) is 32.9. The fourth-order valence-electron chi connectivity index (χ4n) is 0.354. The van der Waals surface area contributed by atoms with Crippen molar-refractivity contribution in [1.82, 2.24) is 0 Å². The molecular weight excluding hydrogens is 429 g/mol. The van der Waals surface area contributed by atoms with Crippen molar-refractivity contribution >= 4 is 55.6 Å². The predicted molar refractivity (Wildman–Crippen MR) is 104 cm³/mol. The van der Waals surface area contributed by atoms with Gasteiger partial charge in [0.1, 0.15) is 0 Å². The Morgan fingerprint density at radius 1 is 0.696 bits per heavy atom. The van der Waals surface area contributed by atoms with Crippen molar-refractivity contribution in [2.45, 2.75) is 40.0 Å². The van der Waals surface area contributed by atoms with Crippen LogP contribution >= 0.6 is 20.2 Å². The molecule has 0 aliphatic rings. The highest BCUT2D eigenvalue weighted by molar-refractivity contribution is 8.06. The summed E-state index contributed by atoms with van der Waals surface area (Å²) in [7, 11) is 0. The molecule has 0 aliphatic carbocycles. The van der Waals surface area contributed by atoms with Gasteiger partial charge in [-0.15, -0.1) is 6.58 Å². The molecule has 146 valence electrons. The van der Waals surface area contributed by atoms with Crippen LogP contribution in [0.3, 0.4) is 0 Å². The summed E-state index contributed by atoms with van der Waals surface area (Å²) in [5, 5.41) is 0. The predicted octanol–water partition coefficient (Wildman–Crippen LogP) is 0.952. The lowest BCUT2D eigenvalue weighted by atomic mass is 10.3. The number of allylic oxidation sites excluding steroid dienone is 1. The maximum atomic E-state index is 7.56. The van der Waals surface area contributed by atoms with E-state index in [4.69, 9.17) is 44.0 Å². The van der Waals surface area contributed by atoms with Crippen LogP contribution in [0.1, 0.15) is 40.0 Å². The molecule has 0 fully saturated rings. The monoisotopic (exact) mass is 456 g/mol. The number of hydrogen-bond acceptors (Lipinski definition) is 3. The fraction of sp³-hybridized carbons (Fsp3) is 0.750. The van der Waals surface area contributed by atoms with Gasteiger partial charge in [-0.05, 0) is 42.3 Å². The van der Waals surface area contributed by atoms with Crippen molar-refractivity contribution in [3.05, 3.63) is 12.7 Å². The second-order valence-electron chi connectivity index (χ2n) is 3.30. The summed E-state index contributed by atoms with van der Waals surface area (Å²) in [6.45, 7) is -1.74. The lowest BCUT2D eigenvalue weighted by molar-refractivity contribution is 0.361. The number of hydrogen-bond donors (Lipinski definition) is 9. The van der Waals surface area contributed by atoms with Gasteiger partial charge in [-0.1, -0.05) is 39.2 Å². The average molecular weight is 456 g/mol. The van der Waals surface area contributed by atoms with Crippen LogP contribution in [-0.4, -0.2) is 44.0 Å². The second-order valence-corrected chi connectivity index (χ2v) is 10.8.